The SMILES string of the molecule is CSc1nc(Cl)cc(NC(C)c2ccc(C#N)cc2)n1. The quantitative estimate of drug-likeness (QED) is 0.527. The fraction of sp³-hybridized carbons (Fsp3) is 0.214. The van der Waals surface area contributed by atoms with Gasteiger partial charge in [0.15, 0.2) is 5.16 Å². The molecule has 2 aromatic rings. The zero-order chi connectivity index (χ0) is 14.5. The van der Waals surface area contributed by atoms with E-state index in [1.54, 1.807) is 18.2 Å². The number of hydrogen-bond acceptors (Lipinski definition) is 5. The Balaban J connectivity index is 2.16. The molecule has 1 unspecified atom stereocenters. The Morgan fingerprint density at radius 1 is 1.30 bits per heavy atom. The first-order valence-electron chi connectivity index (χ1n) is 5.97. The molecular weight excluding hydrogens is 292 g/mol. The number of hydrogen-bond donors (Lipinski definition) is 1. The summed E-state index contributed by atoms with van der Waals surface area (Å²) in [5.74, 6) is 0.686. The number of nitrogens with one attached hydrogen (secondary N) is 1. The standard InChI is InChI=1S/C14H13ClN4S/c1-9(11-5-3-10(8-16)4-6-11)17-13-7-12(15)18-14(19-13)20-2/h3-7,9H,1-2H3,(H,17,18,19). The summed E-state index contributed by atoms with van der Waals surface area (Å²) in [7, 11) is 0. The van der Waals surface area contributed by atoms with Gasteiger partial charge >= 0.3 is 0 Å². The molecule has 0 aliphatic rings. The van der Waals surface area contributed by atoms with E-state index in [-0.39, 0.29) is 6.04 Å². The van der Waals surface area contributed by atoms with Gasteiger partial charge in [-0.05, 0) is 30.9 Å². The van der Waals surface area contributed by atoms with Gasteiger partial charge in [0.05, 0.1) is 11.6 Å². The summed E-state index contributed by atoms with van der Waals surface area (Å²) in [5, 5.41) is 13.1. The fourth-order valence-electron chi connectivity index (χ4n) is 1.71. The Bertz CT molecular complexity index is 637. The van der Waals surface area contributed by atoms with E-state index in [9.17, 15) is 0 Å². The summed E-state index contributed by atoms with van der Waals surface area (Å²) in [4.78, 5) is 8.45. The molecule has 0 amide bonds. The molecule has 4 nitrogen and oxygen atoms in total. The van der Waals surface area contributed by atoms with E-state index in [1.807, 2.05) is 25.3 Å². The van der Waals surface area contributed by atoms with Crippen molar-refractivity contribution in [2.45, 2.75) is 18.1 Å². The van der Waals surface area contributed by atoms with Crippen molar-refractivity contribution in [2.75, 3.05) is 11.6 Å². The summed E-state index contributed by atoms with van der Waals surface area (Å²) in [6, 6.07) is 11.3. The van der Waals surface area contributed by atoms with Gasteiger partial charge in [-0.1, -0.05) is 35.5 Å². The van der Waals surface area contributed by atoms with Gasteiger partial charge in [-0.3, -0.25) is 0 Å². The third-order valence-electron chi connectivity index (χ3n) is 2.76. The number of aromatic nitrogens is 2. The minimum absolute atomic E-state index is 0.0587. The topological polar surface area (TPSA) is 61.6 Å². The van der Waals surface area contributed by atoms with Gasteiger partial charge < -0.3 is 5.32 Å². The van der Waals surface area contributed by atoms with E-state index < -0.39 is 0 Å². The minimum Gasteiger partial charge on any atom is -0.363 e. The van der Waals surface area contributed by atoms with Gasteiger partial charge in [0.1, 0.15) is 11.0 Å². The van der Waals surface area contributed by atoms with Gasteiger partial charge in [0.25, 0.3) is 0 Å². The van der Waals surface area contributed by atoms with Crippen LogP contribution in [0.15, 0.2) is 35.5 Å². The van der Waals surface area contributed by atoms with Gasteiger partial charge in [0, 0.05) is 12.1 Å². The number of thioether (sulfide) groups is 1. The second-order valence-corrected chi connectivity index (χ2v) is 5.32. The molecule has 102 valence electrons. The van der Waals surface area contributed by atoms with Crippen molar-refractivity contribution in [3.63, 3.8) is 0 Å². The molecule has 1 N–H and O–H groups in total. The van der Waals surface area contributed by atoms with Crippen molar-refractivity contribution >= 4 is 29.2 Å². The largest absolute Gasteiger partial charge is 0.363 e. The van der Waals surface area contributed by atoms with Crippen LogP contribution >= 0.6 is 23.4 Å². The van der Waals surface area contributed by atoms with Crippen LogP contribution in [0.1, 0.15) is 24.1 Å². The van der Waals surface area contributed by atoms with Crippen LogP contribution in [-0.2, 0) is 0 Å². The monoisotopic (exact) mass is 304 g/mol. The van der Waals surface area contributed by atoms with Gasteiger partial charge in [0.2, 0.25) is 0 Å². The molecule has 0 aliphatic carbocycles. The van der Waals surface area contributed by atoms with Crippen molar-refractivity contribution in [3.05, 3.63) is 46.6 Å². The molecule has 1 heterocycles. The smallest absolute Gasteiger partial charge is 0.190 e. The second-order valence-electron chi connectivity index (χ2n) is 4.16. The molecule has 0 bridgehead atoms. The zero-order valence-corrected chi connectivity index (χ0v) is 12.7. The summed E-state index contributed by atoms with van der Waals surface area (Å²) >= 11 is 7.40. The van der Waals surface area contributed by atoms with Gasteiger partial charge in [-0.15, -0.1) is 0 Å². The molecule has 0 saturated carbocycles. The highest BCUT2D eigenvalue weighted by molar-refractivity contribution is 7.98. The number of nitriles is 1. The van der Waals surface area contributed by atoms with Crippen molar-refractivity contribution in [1.29, 1.82) is 5.26 Å². The van der Waals surface area contributed by atoms with Crippen LogP contribution in [0, 0.1) is 11.3 Å². The van der Waals surface area contributed by atoms with Crippen LogP contribution in [0.5, 0.6) is 0 Å². The molecule has 1 aromatic heterocycles. The van der Waals surface area contributed by atoms with E-state index in [2.05, 4.69) is 21.4 Å². The lowest BCUT2D eigenvalue weighted by atomic mass is 10.1. The Morgan fingerprint density at radius 3 is 2.60 bits per heavy atom. The molecule has 0 saturated heterocycles. The molecule has 0 radical (unpaired) electrons. The number of nitrogens with zero attached hydrogens (tertiary/aromatic N) is 3. The summed E-state index contributed by atoms with van der Waals surface area (Å²) in [5.41, 5.74) is 1.72. The van der Waals surface area contributed by atoms with E-state index in [0.717, 1.165) is 5.56 Å². The van der Waals surface area contributed by atoms with E-state index in [1.165, 1.54) is 11.8 Å². The lowest BCUT2D eigenvalue weighted by Crippen LogP contribution is -2.08. The van der Waals surface area contributed by atoms with Crippen molar-refractivity contribution in [2.24, 2.45) is 0 Å². The Hall–Kier alpha value is -1.77. The van der Waals surface area contributed by atoms with E-state index >= 15 is 0 Å². The van der Waals surface area contributed by atoms with Crippen LogP contribution < -0.4 is 5.32 Å². The third-order valence-corrected chi connectivity index (χ3v) is 3.50. The predicted molar refractivity (Wildman–Crippen MR) is 82.0 cm³/mol. The normalized spacial score (nSPS) is 11.7. The Kier molecular flexibility index (Phi) is 4.83. The highest BCUT2D eigenvalue weighted by atomic mass is 35.5. The maximum absolute atomic E-state index is 8.79. The van der Waals surface area contributed by atoms with E-state index in [0.29, 0.717) is 21.7 Å². The third kappa shape index (κ3) is 3.62. The zero-order valence-electron chi connectivity index (χ0n) is 11.1. The first-order chi connectivity index (χ1) is 9.62. The van der Waals surface area contributed by atoms with Crippen LogP contribution in [0.4, 0.5) is 5.82 Å². The minimum atomic E-state index is 0.0587. The molecular formula is C14H13ClN4S. The Labute approximate surface area is 127 Å². The first kappa shape index (κ1) is 14.6. The maximum atomic E-state index is 8.79. The molecule has 2 rings (SSSR count). The summed E-state index contributed by atoms with van der Waals surface area (Å²) < 4.78 is 0. The molecule has 0 aliphatic heterocycles. The van der Waals surface area contributed by atoms with E-state index in [4.69, 9.17) is 16.9 Å². The number of halogens is 1. The predicted octanol–water partition coefficient (Wildman–Crippen LogP) is 3.90. The number of anilines is 1. The average molecular weight is 305 g/mol. The van der Waals surface area contributed by atoms with Gasteiger partial charge in [-0.2, -0.15) is 5.26 Å². The fourth-order valence-corrected chi connectivity index (χ4v) is 2.33. The summed E-state index contributed by atoms with van der Waals surface area (Å²) in [6.45, 7) is 2.02. The van der Waals surface area contributed by atoms with Crippen molar-refractivity contribution in [1.82, 2.24) is 9.97 Å². The molecule has 0 fully saturated rings. The van der Waals surface area contributed by atoms with Crippen molar-refractivity contribution < 1.29 is 0 Å². The second kappa shape index (κ2) is 6.60. The maximum Gasteiger partial charge on any atom is 0.190 e. The van der Waals surface area contributed by atoms with Crippen molar-refractivity contribution in [3.8, 4) is 6.07 Å². The molecule has 20 heavy (non-hydrogen) atoms. The molecule has 0 spiro atoms. The van der Waals surface area contributed by atoms with Crippen LogP contribution in [0.25, 0.3) is 0 Å². The number of rotatable bonds is 4. The first-order valence-corrected chi connectivity index (χ1v) is 7.58. The molecule has 6 heteroatoms. The number of benzene rings is 1. The highest BCUT2D eigenvalue weighted by Gasteiger charge is 2.08. The highest BCUT2D eigenvalue weighted by Crippen LogP contribution is 2.22. The van der Waals surface area contributed by atoms with Crippen LogP contribution in [-0.4, -0.2) is 16.2 Å². The molecule has 1 aromatic carbocycles. The average Bonchev–Trinajstić information content (AvgIpc) is 2.46. The van der Waals surface area contributed by atoms with Crippen LogP contribution in [0.3, 0.4) is 0 Å². The summed E-state index contributed by atoms with van der Waals surface area (Å²) in [6.07, 6.45) is 1.90. The lowest BCUT2D eigenvalue weighted by molar-refractivity contribution is 0.855. The molecule has 1 atom stereocenters. The van der Waals surface area contributed by atoms with Crippen LogP contribution in [0.2, 0.25) is 5.15 Å². The Morgan fingerprint density at radius 2 is 2.00 bits per heavy atom. The lowest BCUT2D eigenvalue weighted by Gasteiger charge is -2.15. The van der Waals surface area contributed by atoms with Gasteiger partial charge in [-0.25, -0.2) is 9.97 Å².